The van der Waals surface area contributed by atoms with E-state index in [1.807, 2.05) is 12.1 Å². The minimum Gasteiger partial charge on any atom is -0.504 e. The lowest BCUT2D eigenvalue weighted by atomic mass is 10.0. The number of carbonyl (C=O) groups is 1. The van der Waals surface area contributed by atoms with Crippen LogP contribution in [0.5, 0.6) is 11.5 Å². The first-order chi connectivity index (χ1) is 12.6. The normalized spacial score (nSPS) is 19.9. The van der Waals surface area contributed by atoms with Crippen LogP contribution in [-0.2, 0) is 11.3 Å². The van der Waals surface area contributed by atoms with Gasteiger partial charge in [-0.05, 0) is 24.3 Å². The minimum atomic E-state index is -0.379. The first-order valence-electron chi connectivity index (χ1n) is 8.36. The molecule has 2 N–H and O–H groups in total. The molecule has 2 aromatic rings. The van der Waals surface area contributed by atoms with Crippen LogP contribution in [0.4, 0.5) is 4.79 Å². The van der Waals surface area contributed by atoms with Crippen molar-refractivity contribution in [3.63, 3.8) is 0 Å². The van der Waals surface area contributed by atoms with E-state index in [0.717, 1.165) is 16.8 Å². The number of phenolic OH excluding ortho intramolecular Hbond substituents is 1. The van der Waals surface area contributed by atoms with Crippen molar-refractivity contribution in [1.82, 2.24) is 15.2 Å². The van der Waals surface area contributed by atoms with Crippen LogP contribution >= 0.6 is 11.6 Å². The molecule has 136 valence electrons. The molecule has 0 bridgehead atoms. The van der Waals surface area contributed by atoms with Gasteiger partial charge in [0.15, 0.2) is 11.5 Å². The molecule has 8 heteroatoms. The summed E-state index contributed by atoms with van der Waals surface area (Å²) < 4.78 is 11.0. The quantitative estimate of drug-likeness (QED) is 0.857. The van der Waals surface area contributed by atoms with Gasteiger partial charge in [0.25, 0.3) is 0 Å². The topological polar surface area (TPSA) is 83.9 Å². The van der Waals surface area contributed by atoms with Gasteiger partial charge in [-0.1, -0.05) is 11.6 Å². The van der Waals surface area contributed by atoms with E-state index < -0.39 is 0 Å². The molecule has 1 unspecified atom stereocenters. The van der Waals surface area contributed by atoms with Crippen LogP contribution in [-0.4, -0.2) is 53.4 Å². The van der Waals surface area contributed by atoms with Crippen molar-refractivity contribution < 1.29 is 19.4 Å². The number of benzene rings is 1. The third kappa shape index (κ3) is 3.54. The number of pyridine rings is 1. The highest BCUT2D eigenvalue weighted by Crippen LogP contribution is 2.37. The van der Waals surface area contributed by atoms with Gasteiger partial charge in [-0.15, -0.1) is 0 Å². The van der Waals surface area contributed by atoms with Gasteiger partial charge in [-0.25, -0.2) is 4.79 Å². The number of amides is 1. The van der Waals surface area contributed by atoms with E-state index in [0.29, 0.717) is 43.6 Å². The van der Waals surface area contributed by atoms with E-state index in [2.05, 4.69) is 15.2 Å². The molecule has 0 aliphatic carbocycles. The van der Waals surface area contributed by atoms with E-state index >= 15 is 0 Å². The molecule has 1 atom stereocenters. The number of ether oxygens (including phenoxy) is 2. The predicted molar refractivity (Wildman–Crippen MR) is 95.4 cm³/mol. The molecule has 4 rings (SSSR count). The maximum absolute atomic E-state index is 11.2. The highest BCUT2D eigenvalue weighted by Gasteiger charge is 2.27. The molecule has 26 heavy (non-hydrogen) atoms. The van der Waals surface area contributed by atoms with Crippen molar-refractivity contribution in [3.05, 3.63) is 41.0 Å². The van der Waals surface area contributed by atoms with Crippen molar-refractivity contribution in [2.24, 2.45) is 0 Å². The summed E-state index contributed by atoms with van der Waals surface area (Å²) in [4.78, 5) is 17.7. The number of hydrogen-bond donors (Lipinski definition) is 2. The summed E-state index contributed by atoms with van der Waals surface area (Å²) >= 11 is 5.90. The first-order valence-corrected chi connectivity index (χ1v) is 8.74. The summed E-state index contributed by atoms with van der Waals surface area (Å²) in [6, 6.07) is 7.18. The highest BCUT2D eigenvalue weighted by atomic mass is 35.5. The number of hydrogen-bond acceptors (Lipinski definition) is 6. The zero-order valence-electron chi connectivity index (χ0n) is 13.9. The monoisotopic (exact) mass is 375 g/mol. The predicted octanol–water partition coefficient (Wildman–Crippen LogP) is 2.41. The van der Waals surface area contributed by atoms with Crippen LogP contribution in [0.2, 0.25) is 5.02 Å². The number of carbonyl (C=O) groups excluding carboxylic acids is 1. The molecule has 7 nitrogen and oxygen atoms in total. The number of halogens is 1. The molecule has 0 spiro atoms. The lowest BCUT2D eigenvalue weighted by Crippen LogP contribution is -2.35. The van der Waals surface area contributed by atoms with Gasteiger partial charge in [0.1, 0.15) is 12.7 Å². The summed E-state index contributed by atoms with van der Waals surface area (Å²) in [5.74, 6) is 0.580. The molecule has 1 saturated heterocycles. The molecular formula is C18H18ClN3O4. The third-order valence-electron chi connectivity index (χ3n) is 4.43. The SMILES string of the molecule is O=C1NCC(CN2CCOc3c(O)cc(-c4ccc(Cl)cn4)cc3C2)O1. The Balaban J connectivity index is 1.59. The zero-order valence-corrected chi connectivity index (χ0v) is 14.7. The van der Waals surface area contributed by atoms with E-state index in [4.69, 9.17) is 21.1 Å². The summed E-state index contributed by atoms with van der Waals surface area (Å²) in [7, 11) is 0. The molecule has 0 saturated carbocycles. The lowest BCUT2D eigenvalue weighted by molar-refractivity contribution is 0.103. The molecule has 2 aliphatic rings. The second-order valence-corrected chi connectivity index (χ2v) is 6.77. The Labute approximate surface area is 155 Å². The van der Waals surface area contributed by atoms with Crippen LogP contribution < -0.4 is 10.1 Å². The van der Waals surface area contributed by atoms with Crippen molar-refractivity contribution in [2.45, 2.75) is 12.6 Å². The number of cyclic esters (lactones) is 1. The maximum Gasteiger partial charge on any atom is 0.407 e. The first kappa shape index (κ1) is 16.9. The standard InChI is InChI=1S/C18H18ClN3O4/c19-13-1-2-15(20-7-13)11-5-12-9-22(10-14-8-21-18(24)26-14)3-4-25-17(12)16(23)6-11/h1-2,5-7,14,23H,3-4,8-10H2,(H,21,24). The van der Waals surface area contributed by atoms with Gasteiger partial charge in [-0.3, -0.25) is 9.88 Å². The maximum atomic E-state index is 11.2. The number of nitrogens with one attached hydrogen (secondary N) is 1. The Morgan fingerprint density at radius 2 is 2.27 bits per heavy atom. The molecule has 1 aromatic carbocycles. The van der Waals surface area contributed by atoms with Crippen LogP contribution in [0, 0.1) is 0 Å². The van der Waals surface area contributed by atoms with Gasteiger partial charge in [0, 0.05) is 37.0 Å². The van der Waals surface area contributed by atoms with E-state index in [1.54, 1.807) is 18.3 Å². The number of nitrogens with zero attached hydrogens (tertiary/aromatic N) is 2. The van der Waals surface area contributed by atoms with E-state index in [-0.39, 0.29) is 17.9 Å². The highest BCUT2D eigenvalue weighted by molar-refractivity contribution is 6.30. The zero-order chi connectivity index (χ0) is 18.1. The second kappa shape index (κ2) is 7.01. The van der Waals surface area contributed by atoms with Gasteiger partial charge >= 0.3 is 6.09 Å². The Morgan fingerprint density at radius 3 is 3.00 bits per heavy atom. The summed E-state index contributed by atoms with van der Waals surface area (Å²) in [6.45, 7) is 2.82. The van der Waals surface area contributed by atoms with E-state index in [1.165, 1.54) is 0 Å². The van der Waals surface area contributed by atoms with Crippen molar-refractivity contribution in [1.29, 1.82) is 0 Å². The minimum absolute atomic E-state index is 0.0880. The van der Waals surface area contributed by atoms with Gasteiger partial charge in [-0.2, -0.15) is 0 Å². The summed E-state index contributed by atoms with van der Waals surface area (Å²) in [5, 5.41) is 13.6. The number of aromatic hydroxyl groups is 1. The number of rotatable bonds is 3. The number of fused-ring (bicyclic) bond motifs is 1. The van der Waals surface area contributed by atoms with Crippen molar-refractivity contribution in [3.8, 4) is 22.8 Å². The number of alkyl carbamates (subject to hydrolysis) is 1. The van der Waals surface area contributed by atoms with Crippen LogP contribution in [0.15, 0.2) is 30.5 Å². The Morgan fingerprint density at radius 1 is 1.38 bits per heavy atom. The number of phenols is 1. The molecule has 1 amide bonds. The fourth-order valence-electron chi connectivity index (χ4n) is 3.23. The average Bonchev–Trinajstić information content (AvgIpc) is 2.90. The van der Waals surface area contributed by atoms with Crippen LogP contribution in [0.1, 0.15) is 5.56 Å². The van der Waals surface area contributed by atoms with Gasteiger partial charge in [0.05, 0.1) is 17.3 Å². The van der Waals surface area contributed by atoms with Crippen molar-refractivity contribution >= 4 is 17.7 Å². The summed E-state index contributed by atoms with van der Waals surface area (Å²) in [6.07, 6.45) is 1.01. The van der Waals surface area contributed by atoms with Gasteiger partial charge < -0.3 is 19.9 Å². The number of aromatic nitrogens is 1. The lowest BCUT2D eigenvalue weighted by Gasteiger charge is -2.21. The van der Waals surface area contributed by atoms with Crippen LogP contribution in [0.25, 0.3) is 11.3 Å². The smallest absolute Gasteiger partial charge is 0.407 e. The molecule has 1 aromatic heterocycles. The average molecular weight is 376 g/mol. The molecular weight excluding hydrogens is 358 g/mol. The van der Waals surface area contributed by atoms with Crippen LogP contribution in [0.3, 0.4) is 0 Å². The molecule has 1 fully saturated rings. The molecule has 0 radical (unpaired) electrons. The Kier molecular flexibility index (Phi) is 4.57. The third-order valence-corrected chi connectivity index (χ3v) is 4.65. The Hall–Kier alpha value is -2.51. The van der Waals surface area contributed by atoms with Crippen molar-refractivity contribution in [2.75, 3.05) is 26.2 Å². The Bertz CT molecular complexity index is 828. The van der Waals surface area contributed by atoms with Gasteiger partial charge in [0.2, 0.25) is 0 Å². The fraction of sp³-hybridized carbons (Fsp3) is 0.333. The largest absolute Gasteiger partial charge is 0.504 e. The molecule has 3 heterocycles. The fourth-order valence-corrected chi connectivity index (χ4v) is 3.34. The molecule has 2 aliphatic heterocycles. The summed E-state index contributed by atoms with van der Waals surface area (Å²) in [5.41, 5.74) is 2.38. The van der Waals surface area contributed by atoms with E-state index in [9.17, 15) is 9.90 Å². The second-order valence-electron chi connectivity index (χ2n) is 6.34.